The highest BCUT2D eigenvalue weighted by Gasteiger charge is 2.22. The SMILES string of the molecule is c1ccc2c(c1)NC(n1ccc3ccccc31)S2. The summed E-state index contributed by atoms with van der Waals surface area (Å²) in [5.74, 6) is 0. The van der Waals surface area contributed by atoms with Gasteiger partial charge < -0.3 is 9.88 Å². The summed E-state index contributed by atoms with van der Waals surface area (Å²) in [6, 6.07) is 19.1. The molecule has 2 heterocycles. The highest BCUT2D eigenvalue weighted by Crippen LogP contribution is 2.44. The molecule has 0 fully saturated rings. The number of thioether (sulfide) groups is 1. The minimum Gasteiger partial charge on any atom is -0.355 e. The van der Waals surface area contributed by atoms with Gasteiger partial charge in [-0.1, -0.05) is 42.1 Å². The first-order valence-electron chi connectivity index (χ1n) is 6.00. The zero-order valence-electron chi connectivity index (χ0n) is 9.71. The molecule has 0 spiro atoms. The number of hydrogen-bond acceptors (Lipinski definition) is 2. The van der Waals surface area contributed by atoms with Crippen molar-refractivity contribution in [3.05, 3.63) is 60.8 Å². The van der Waals surface area contributed by atoms with Crippen molar-refractivity contribution in [3.8, 4) is 0 Å². The van der Waals surface area contributed by atoms with Crippen molar-refractivity contribution in [2.45, 2.75) is 10.4 Å². The monoisotopic (exact) mass is 252 g/mol. The molecule has 0 saturated heterocycles. The summed E-state index contributed by atoms with van der Waals surface area (Å²) in [5.41, 5.74) is 2.75. The van der Waals surface area contributed by atoms with Gasteiger partial charge in [0, 0.05) is 11.1 Å². The lowest BCUT2D eigenvalue weighted by atomic mass is 10.2. The third kappa shape index (κ3) is 1.44. The van der Waals surface area contributed by atoms with Crippen LogP contribution >= 0.6 is 11.8 Å². The molecule has 0 amide bonds. The van der Waals surface area contributed by atoms with E-state index in [1.165, 1.54) is 21.5 Å². The van der Waals surface area contributed by atoms with Gasteiger partial charge in [-0.05, 0) is 29.7 Å². The summed E-state index contributed by atoms with van der Waals surface area (Å²) in [6.07, 6.45) is 2.15. The van der Waals surface area contributed by atoms with E-state index in [1.807, 2.05) is 11.8 Å². The van der Waals surface area contributed by atoms with Gasteiger partial charge in [0.1, 0.15) is 0 Å². The van der Waals surface area contributed by atoms with Crippen LogP contribution in [0.25, 0.3) is 10.9 Å². The number of nitrogens with one attached hydrogen (secondary N) is 1. The summed E-state index contributed by atoms with van der Waals surface area (Å²) in [4.78, 5) is 1.32. The normalized spacial score (nSPS) is 17.7. The molecule has 1 N–H and O–H groups in total. The van der Waals surface area contributed by atoms with Crippen LogP contribution in [0.15, 0.2) is 65.7 Å². The smallest absolute Gasteiger partial charge is 0.156 e. The number of anilines is 1. The second-order valence-electron chi connectivity index (χ2n) is 4.39. The first kappa shape index (κ1) is 10.1. The predicted octanol–water partition coefficient (Wildman–Crippen LogP) is 4.32. The van der Waals surface area contributed by atoms with Crippen LogP contribution in [-0.4, -0.2) is 4.57 Å². The molecule has 2 aromatic carbocycles. The van der Waals surface area contributed by atoms with Crippen LogP contribution in [0.2, 0.25) is 0 Å². The highest BCUT2D eigenvalue weighted by molar-refractivity contribution is 8.00. The maximum atomic E-state index is 3.55. The molecule has 2 nitrogen and oxygen atoms in total. The Kier molecular flexibility index (Phi) is 2.14. The topological polar surface area (TPSA) is 17.0 Å². The maximum absolute atomic E-state index is 3.55. The van der Waals surface area contributed by atoms with Gasteiger partial charge in [-0.25, -0.2) is 0 Å². The third-order valence-electron chi connectivity index (χ3n) is 3.29. The molecule has 3 aromatic rings. The lowest BCUT2D eigenvalue weighted by Gasteiger charge is -2.14. The molecule has 3 heteroatoms. The van der Waals surface area contributed by atoms with Gasteiger partial charge in [-0.3, -0.25) is 0 Å². The van der Waals surface area contributed by atoms with E-state index in [9.17, 15) is 0 Å². The largest absolute Gasteiger partial charge is 0.355 e. The Morgan fingerprint density at radius 2 is 1.78 bits per heavy atom. The van der Waals surface area contributed by atoms with Gasteiger partial charge in [0.05, 0.1) is 11.2 Å². The molecular formula is C15H12N2S. The number of para-hydroxylation sites is 2. The Morgan fingerprint density at radius 1 is 0.944 bits per heavy atom. The molecule has 18 heavy (non-hydrogen) atoms. The molecule has 1 unspecified atom stereocenters. The van der Waals surface area contributed by atoms with Crippen LogP contribution in [0.5, 0.6) is 0 Å². The second-order valence-corrected chi connectivity index (χ2v) is 5.51. The van der Waals surface area contributed by atoms with Gasteiger partial charge >= 0.3 is 0 Å². The number of aromatic nitrogens is 1. The molecule has 0 saturated carbocycles. The van der Waals surface area contributed by atoms with Crippen molar-refractivity contribution in [2.75, 3.05) is 5.32 Å². The van der Waals surface area contributed by atoms with Crippen molar-refractivity contribution in [1.82, 2.24) is 4.57 Å². The average Bonchev–Trinajstić information content (AvgIpc) is 3.02. The molecule has 88 valence electrons. The van der Waals surface area contributed by atoms with Crippen molar-refractivity contribution in [3.63, 3.8) is 0 Å². The van der Waals surface area contributed by atoms with E-state index in [-0.39, 0.29) is 5.50 Å². The van der Waals surface area contributed by atoms with Crippen molar-refractivity contribution >= 4 is 28.4 Å². The molecule has 1 atom stereocenters. The van der Waals surface area contributed by atoms with E-state index < -0.39 is 0 Å². The van der Waals surface area contributed by atoms with Crippen LogP contribution in [0.1, 0.15) is 5.50 Å². The molecule has 0 radical (unpaired) electrons. The van der Waals surface area contributed by atoms with E-state index in [4.69, 9.17) is 0 Å². The van der Waals surface area contributed by atoms with Crippen molar-refractivity contribution in [1.29, 1.82) is 0 Å². The Bertz CT molecular complexity index is 692. The van der Waals surface area contributed by atoms with E-state index in [1.54, 1.807) is 0 Å². The summed E-state index contributed by atoms with van der Waals surface area (Å²) in [6.45, 7) is 0. The van der Waals surface area contributed by atoms with Gasteiger partial charge in [0.2, 0.25) is 0 Å². The number of fused-ring (bicyclic) bond motifs is 2. The van der Waals surface area contributed by atoms with Crippen LogP contribution in [0.4, 0.5) is 5.69 Å². The molecular weight excluding hydrogens is 240 g/mol. The van der Waals surface area contributed by atoms with Gasteiger partial charge in [-0.2, -0.15) is 0 Å². The lowest BCUT2D eigenvalue weighted by molar-refractivity contribution is 0.797. The average molecular weight is 252 g/mol. The molecule has 4 rings (SSSR count). The summed E-state index contributed by atoms with van der Waals surface area (Å²) in [5, 5.41) is 4.84. The van der Waals surface area contributed by atoms with Gasteiger partial charge in [0.25, 0.3) is 0 Å². The Balaban J connectivity index is 1.78. The Morgan fingerprint density at radius 3 is 2.72 bits per heavy atom. The number of hydrogen-bond donors (Lipinski definition) is 1. The highest BCUT2D eigenvalue weighted by atomic mass is 32.2. The Hall–Kier alpha value is -1.87. The van der Waals surface area contributed by atoms with Crippen LogP contribution < -0.4 is 5.32 Å². The van der Waals surface area contributed by atoms with E-state index >= 15 is 0 Å². The summed E-state index contributed by atoms with van der Waals surface area (Å²) >= 11 is 1.86. The quantitative estimate of drug-likeness (QED) is 0.695. The van der Waals surface area contributed by atoms with Crippen LogP contribution in [-0.2, 0) is 0 Å². The second kappa shape index (κ2) is 3.82. The number of nitrogens with zero attached hydrogens (tertiary/aromatic N) is 1. The van der Waals surface area contributed by atoms with Gasteiger partial charge in [-0.15, -0.1) is 0 Å². The summed E-state index contributed by atoms with van der Waals surface area (Å²) < 4.78 is 2.29. The molecule has 1 aromatic heterocycles. The van der Waals surface area contributed by atoms with Crippen LogP contribution in [0, 0.1) is 0 Å². The fourth-order valence-corrected chi connectivity index (χ4v) is 3.54. The minimum absolute atomic E-state index is 0.252. The maximum Gasteiger partial charge on any atom is 0.156 e. The van der Waals surface area contributed by atoms with Gasteiger partial charge in [0.15, 0.2) is 5.50 Å². The first-order valence-corrected chi connectivity index (χ1v) is 6.87. The van der Waals surface area contributed by atoms with Crippen molar-refractivity contribution in [2.24, 2.45) is 0 Å². The molecule has 0 bridgehead atoms. The molecule has 1 aliphatic heterocycles. The number of rotatable bonds is 1. The van der Waals surface area contributed by atoms with Crippen molar-refractivity contribution < 1.29 is 0 Å². The minimum atomic E-state index is 0.252. The standard InChI is InChI=1S/C15H12N2S/c1-3-7-13-11(5-1)9-10-17(13)15-16-12-6-2-4-8-14(12)18-15/h1-10,15-16H. The molecule has 1 aliphatic rings. The fraction of sp³-hybridized carbons (Fsp3) is 0.0667. The lowest BCUT2D eigenvalue weighted by Crippen LogP contribution is -2.09. The summed E-state index contributed by atoms with van der Waals surface area (Å²) in [7, 11) is 0. The zero-order chi connectivity index (χ0) is 11.9. The molecule has 0 aliphatic carbocycles. The predicted molar refractivity (Wildman–Crippen MR) is 76.9 cm³/mol. The van der Waals surface area contributed by atoms with E-state index in [2.05, 4.69) is 70.7 Å². The zero-order valence-corrected chi connectivity index (χ0v) is 10.5. The third-order valence-corrected chi connectivity index (χ3v) is 4.47. The Labute approximate surface area is 110 Å². The first-order chi connectivity index (χ1) is 8.92. The van der Waals surface area contributed by atoms with E-state index in [0.717, 1.165) is 0 Å². The number of benzene rings is 2. The fourth-order valence-electron chi connectivity index (χ4n) is 2.41. The van der Waals surface area contributed by atoms with E-state index in [0.29, 0.717) is 0 Å². The van der Waals surface area contributed by atoms with Crippen LogP contribution in [0.3, 0.4) is 0 Å².